The average molecular weight is 284 g/mol. The third-order valence-electron chi connectivity index (χ3n) is 1.63. The van der Waals surface area contributed by atoms with E-state index in [0.717, 1.165) is 5.56 Å². The first-order valence-electron chi connectivity index (χ1n) is 4.05. The number of halogens is 4. The van der Waals surface area contributed by atoms with Crippen LogP contribution >= 0.6 is 15.9 Å². The Balaban J connectivity index is 2.86. The topological polar surface area (TPSA) is 35.2 Å². The number of rotatable bonds is 2. The fourth-order valence-electron chi connectivity index (χ4n) is 1.00. The molecule has 1 aromatic carbocycles. The minimum atomic E-state index is -4.36. The molecule has 2 N–H and O–H groups in total. The number of nitrogen functional groups attached to an aromatic ring is 1. The molecule has 0 saturated carbocycles. The molecule has 0 radical (unpaired) electrons. The van der Waals surface area contributed by atoms with Gasteiger partial charge in [0.1, 0.15) is 5.75 Å². The van der Waals surface area contributed by atoms with E-state index >= 15 is 0 Å². The molecule has 0 saturated heterocycles. The lowest BCUT2D eigenvalue weighted by Gasteiger charge is -2.12. The molecule has 0 heterocycles. The Bertz CT molecular complexity index is 365. The van der Waals surface area contributed by atoms with Gasteiger partial charge in [0.15, 0.2) is 6.61 Å². The van der Waals surface area contributed by atoms with Crippen LogP contribution in [0.2, 0.25) is 0 Å². The third kappa shape index (κ3) is 3.62. The molecule has 0 aromatic heterocycles. The SMILES string of the molecule is Cc1cc(Br)c(N)c(OCC(F)(F)F)c1. The number of hydrogen-bond donors (Lipinski definition) is 1. The summed E-state index contributed by atoms with van der Waals surface area (Å²) in [4.78, 5) is 0. The lowest BCUT2D eigenvalue weighted by atomic mass is 10.2. The quantitative estimate of drug-likeness (QED) is 0.846. The molecule has 84 valence electrons. The maximum Gasteiger partial charge on any atom is 0.422 e. The van der Waals surface area contributed by atoms with Crippen LogP contribution < -0.4 is 10.5 Å². The molecular formula is C9H9BrF3NO. The van der Waals surface area contributed by atoms with Gasteiger partial charge in [0, 0.05) is 4.47 Å². The van der Waals surface area contributed by atoms with Gasteiger partial charge in [0.25, 0.3) is 0 Å². The van der Waals surface area contributed by atoms with E-state index in [1.54, 1.807) is 13.0 Å². The molecule has 0 spiro atoms. The number of aryl methyl sites for hydroxylation is 1. The highest BCUT2D eigenvalue weighted by molar-refractivity contribution is 9.10. The average Bonchev–Trinajstić information content (AvgIpc) is 2.07. The van der Waals surface area contributed by atoms with Crippen LogP contribution in [0.5, 0.6) is 5.75 Å². The zero-order valence-electron chi connectivity index (χ0n) is 7.86. The van der Waals surface area contributed by atoms with E-state index in [2.05, 4.69) is 20.7 Å². The van der Waals surface area contributed by atoms with Gasteiger partial charge in [-0.15, -0.1) is 0 Å². The first kappa shape index (κ1) is 12.2. The predicted octanol–water partition coefficient (Wildman–Crippen LogP) is 3.28. The van der Waals surface area contributed by atoms with Crippen molar-refractivity contribution in [3.63, 3.8) is 0 Å². The molecule has 0 aliphatic heterocycles. The molecule has 0 fully saturated rings. The predicted molar refractivity (Wildman–Crippen MR) is 54.8 cm³/mol. The second-order valence-corrected chi connectivity index (χ2v) is 3.92. The summed E-state index contributed by atoms with van der Waals surface area (Å²) in [5, 5.41) is 0. The molecule has 0 aliphatic rings. The molecule has 2 nitrogen and oxygen atoms in total. The maximum atomic E-state index is 11.9. The van der Waals surface area contributed by atoms with Crippen LogP contribution in [0.1, 0.15) is 5.56 Å². The van der Waals surface area contributed by atoms with Crippen LogP contribution in [0.15, 0.2) is 16.6 Å². The van der Waals surface area contributed by atoms with Gasteiger partial charge in [-0.3, -0.25) is 0 Å². The molecule has 0 unspecified atom stereocenters. The van der Waals surface area contributed by atoms with Crippen LogP contribution in [0.4, 0.5) is 18.9 Å². The summed E-state index contributed by atoms with van der Waals surface area (Å²) in [7, 11) is 0. The number of ether oxygens (including phenoxy) is 1. The fourth-order valence-corrected chi connectivity index (χ4v) is 1.56. The van der Waals surface area contributed by atoms with E-state index in [1.165, 1.54) is 6.07 Å². The number of hydrogen-bond acceptors (Lipinski definition) is 2. The fraction of sp³-hybridized carbons (Fsp3) is 0.333. The van der Waals surface area contributed by atoms with Crippen LogP contribution in [-0.2, 0) is 0 Å². The molecule has 1 aromatic rings. The van der Waals surface area contributed by atoms with Gasteiger partial charge in [-0.1, -0.05) is 0 Å². The zero-order chi connectivity index (χ0) is 11.6. The normalized spacial score (nSPS) is 11.5. The lowest BCUT2D eigenvalue weighted by Crippen LogP contribution is -2.19. The number of anilines is 1. The molecule has 15 heavy (non-hydrogen) atoms. The van der Waals surface area contributed by atoms with Crippen LogP contribution in [0.25, 0.3) is 0 Å². The molecule has 0 atom stereocenters. The van der Waals surface area contributed by atoms with Crippen molar-refractivity contribution in [2.24, 2.45) is 0 Å². The monoisotopic (exact) mass is 283 g/mol. The van der Waals surface area contributed by atoms with Crippen molar-refractivity contribution in [1.82, 2.24) is 0 Å². The minimum absolute atomic E-state index is 0.0409. The molecular weight excluding hydrogens is 275 g/mol. The Hall–Kier alpha value is -0.910. The standard InChI is InChI=1S/C9H9BrF3NO/c1-5-2-6(10)8(14)7(3-5)15-4-9(11,12)13/h2-3H,4,14H2,1H3. The van der Waals surface area contributed by atoms with Gasteiger partial charge in [-0.05, 0) is 40.5 Å². The van der Waals surface area contributed by atoms with Crippen molar-refractivity contribution in [3.05, 3.63) is 22.2 Å². The van der Waals surface area contributed by atoms with Crippen molar-refractivity contribution in [1.29, 1.82) is 0 Å². The minimum Gasteiger partial charge on any atom is -0.482 e. The molecule has 0 bridgehead atoms. The highest BCUT2D eigenvalue weighted by Crippen LogP contribution is 2.32. The highest BCUT2D eigenvalue weighted by Gasteiger charge is 2.28. The first-order valence-corrected chi connectivity index (χ1v) is 4.84. The molecule has 0 aliphatic carbocycles. The molecule has 6 heteroatoms. The van der Waals surface area contributed by atoms with Gasteiger partial charge in [-0.25, -0.2) is 0 Å². The van der Waals surface area contributed by atoms with E-state index in [0.29, 0.717) is 4.47 Å². The van der Waals surface area contributed by atoms with Crippen molar-refractivity contribution in [3.8, 4) is 5.75 Å². The lowest BCUT2D eigenvalue weighted by molar-refractivity contribution is -0.153. The Morgan fingerprint density at radius 2 is 2.00 bits per heavy atom. The second-order valence-electron chi connectivity index (χ2n) is 3.06. The van der Waals surface area contributed by atoms with E-state index in [9.17, 15) is 13.2 Å². The highest BCUT2D eigenvalue weighted by atomic mass is 79.9. The van der Waals surface area contributed by atoms with Gasteiger partial charge in [0.2, 0.25) is 0 Å². The number of alkyl halides is 3. The Morgan fingerprint density at radius 1 is 1.40 bits per heavy atom. The summed E-state index contributed by atoms with van der Waals surface area (Å²) in [5.41, 5.74) is 6.48. The van der Waals surface area contributed by atoms with Crippen LogP contribution in [0.3, 0.4) is 0 Å². The number of benzene rings is 1. The summed E-state index contributed by atoms with van der Waals surface area (Å²) < 4.78 is 40.8. The maximum absolute atomic E-state index is 11.9. The Morgan fingerprint density at radius 3 is 2.53 bits per heavy atom. The van der Waals surface area contributed by atoms with Crippen molar-refractivity contribution < 1.29 is 17.9 Å². The largest absolute Gasteiger partial charge is 0.482 e. The van der Waals surface area contributed by atoms with E-state index in [-0.39, 0.29) is 11.4 Å². The molecule has 1 rings (SSSR count). The summed E-state index contributed by atoms with van der Waals surface area (Å²) in [5.74, 6) is 0.0409. The summed E-state index contributed by atoms with van der Waals surface area (Å²) in [6.07, 6.45) is -4.36. The van der Waals surface area contributed by atoms with Crippen LogP contribution in [0, 0.1) is 6.92 Å². The Kier molecular flexibility index (Phi) is 3.49. The zero-order valence-corrected chi connectivity index (χ0v) is 9.45. The van der Waals surface area contributed by atoms with Gasteiger partial charge < -0.3 is 10.5 Å². The number of nitrogens with two attached hydrogens (primary N) is 1. The summed E-state index contributed by atoms with van der Waals surface area (Å²) >= 11 is 3.13. The third-order valence-corrected chi connectivity index (χ3v) is 2.28. The van der Waals surface area contributed by atoms with E-state index in [1.807, 2.05) is 0 Å². The van der Waals surface area contributed by atoms with Crippen molar-refractivity contribution >= 4 is 21.6 Å². The Labute approximate surface area is 93.3 Å². The molecule has 0 amide bonds. The van der Waals surface area contributed by atoms with Gasteiger partial charge in [0.05, 0.1) is 5.69 Å². The van der Waals surface area contributed by atoms with Gasteiger partial charge >= 0.3 is 6.18 Å². The van der Waals surface area contributed by atoms with E-state index < -0.39 is 12.8 Å². The van der Waals surface area contributed by atoms with E-state index in [4.69, 9.17) is 5.73 Å². The summed E-state index contributed by atoms with van der Waals surface area (Å²) in [6, 6.07) is 3.17. The smallest absolute Gasteiger partial charge is 0.422 e. The van der Waals surface area contributed by atoms with Crippen molar-refractivity contribution in [2.45, 2.75) is 13.1 Å². The summed E-state index contributed by atoms with van der Waals surface area (Å²) in [6.45, 7) is 0.401. The van der Waals surface area contributed by atoms with Gasteiger partial charge in [-0.2, -0.15) is 13.2 Å². The first-order chi connectivity index (χ1) is 6.79. The second kappa shape index (κ2) is 4.30. The van der Waals surface area contributed by atoms with Crippen molar-refractivity contribution in [2.75, 3.05) is 12.3 Å². The van der Waals surface area contributed by atoms with Crippen LogP contribution in [-0.4, -0.2) is 12.8 Å².